The Morgan fingerprint density at radius 3 is 2.55 bits per heavy atom. The number of hydrogen-bond acceptors (Lipinski definition) is 5. The lowest BCUT2D eigenvalue weighted by atomic mass is 10.3. The summed E-state index contributed by atoms with van der Waals surface area (Å²) in [6.07, 6.45) is 0. The van der Waals surface area contributed by atoms with Gasteiger partial charge in [-0.15, -0.1) is 0 Å². The Hall–Kier alpha value is -3.09. The Bertz CT molecular complexity index is 670. The molecule has 0 saturated heterocycles. The van der Waals surface area contributed by atoms with Crippen LogP contribution in [0.4, 0.5) is 11.4 Å². The van der Waals surface area contributed by atoms with Crippen LogP contribution in [0.2, 0.25) is 0 Å². The highest BCUT2D eigenvalue weighted by Crippen LogP contribution is 2.18. The van der Waals surface area contributed by atoms with Gasteiger partial charge in [-0.3, -0.25) is 14.9 Å². The first-order valence-corrected chi connectivity index (χ1v) is 6.39. The molecule has 1 N–H and O–H groups in total. The van der Waals surface area contributed by atoms with Crippen LogP contribution in [0, 0.1) is 10.1 Å². The van der Waals surface area contributed by atoms with Crippen LogP contribution in [-0.2, 0) is 4.79 Å². The largest absolute Gasteiger partial charge is 0.497 e. The van der Waals surface area contributed by atoms with Crippen molar-refractivity contribution >= 4 is 17.3 Å². The Balaban J connectivity index is 1.88. The van der Waals surface area contributed by atoms with E-state index in [2.05, 4.69) is 5.32 Å². The summed E-state index contributed by atoms with van der Waals surface area (Å²) in [7, 11) is 1.54. The Morgan fingerprint density at radius 1 is 1.18 bits per heavy atom. The zero-order chi connectivity index (χ0) is 15.9. The second kappa shape index (κ2) is 7.07. The quantitative estimate of drug-likeness (QED) is 0.654. The summed E-state index contributed by atoms with van der Waals surface area (Å²) in [5, 5.41) is 13.2. The number of amides is 1. The van der Waals surface area contributed by atoms with Gasteiger partial charge in [0.05, 0.1) is 12.0 Å². The number of hydrogen-bond donors (Lipinski definition) is 1. The van der Waals surface area contributed by atoms with Gasteiger partial charge in [-0.25, -0.2) is 0 Å². The molecule has 0 unspecified atom stereocenters. The summed E-state index contributed by atoms with van der Waals surface area (Å²) in [5.74, 6) is 0.673. The maximum absolute atomic E-state index is 11.8. The monoisotopic (exact) mass is 302 g/mol. The van der Waals surface area contributed by atoms with Gasteiger partial charge >= 0.3 is 0 Å². The number of rotatable bonds is 6. The third-order valence-electron chi connectivity index (χ3n) is 2.77. The SMILES string of the molecule is COc1cccc(NC(=O)COc2ccc([N+](=O)[O-])cc2)c1. The number of non-ortho nitro benzene ring substituents is 1. The van der Waals surface area contributed by atoms with Crippen LogP contribution in [-0.4, -0.2) is 24.5 Å². The van der Waals surface area contributed by atoms with Gasteiger partial charge in [0, 0.05) is 23.9 Å². The molecule has 2 rings (SSSR count). The van der Waals surface area contributed by atoms with Crippen LogP contribution in [0.3, 0.4) is 0 Å². The van der Waals surface area contributed by atoms with E-state index in [9.17, 15) is 14.9 Å². The van der Waals surface area contributed by atoms with E-state index in [1.807, 2.05) is 0 Å². The van der Waals surface area contributed by atoms with Crippen molar-refractivity contribution in [1.82, 2.24) is 0 Å². The molecule has 0 saturated carbocycles. The van der Waals surface area contributed by atoms with Gasteiger partial charge in [0.2, 0.25) is 0 Å². The average molecular weight is 302 g/mol. The number of carbonyl (C=O) groups excluding carboxylic acids is 1. The van der Waals surface area contributed by atoms with E-state index < -0.39 is 4.92 Å². The minimum Gasteiger partial charge on any atom is -0.497 e. The van der Waals surface area contributed by atoms with Crippen LogP contribution in [0.15, 0.2) is 48.5 Å². The smallest absolute Gasteiger partial charge is 0.269 e. The Kier molecular flexibility index (Phi) is 4.92. The van der Waals surface area contributed by atoms with Gasteiger partial charge in [-0.2, -0.15) is 0 Å². The van der Waals surface area contributed by atoms with E-state index in [0.717, 1.165) is 0 Å². The van der Waals surface area contributed by atoms with Gasteiger partial charge in [0.15, 0.2) is 6.61 Å². The molecule has 0 aliphatic heterocycles. The molecule has 0 radical (unpaired) electrons. The second-order valence-corrected chi connectivity index (χ2v) is 4.32. The number of nitro groups is 1. The molecule has 1 amide bonds. The summed E-state index contributed by atoms with van der Waals surface area (Å²) >= 11 is 0. The number of methoxy groups -OCH3 is 1. The Labute approximate surface area is 126 Å². The van der Waals surface area contributed by atoms with Gasteiger partial charge in [0.25, 0.3) is 11.6 Å². The van der Waals surface area contributed by atoms with Crippen molar-refractivity contribution in [3.63, 3.8) is 0 Å². The van der Waals surface area contributed by atoms with Crippen molar-refractivity contribution < 1.29 is 19.2 Å². The van der Waals surface area contributed by atoms with E-state index >= 15 is 0 Å². The van der Waals surface area contributed by atoms with Crippen molar-refractivity contribution in [1.29, 1.82) is 0 Å². The van der Waals surface area contributed by atoms with E-state index in [1.54, 1.807) is 31.4 Å². The van der Waals surface area contributed by atoms with Crippen molar-refractivity contribution in [2.75, 3.05) is 19.0 Å². The number of carbonyl (C=O) groups is 1. The van der Waals surface area contributed by atoms with Crippen LogP contribution < -0.4 is 14.8 Å². The third kappa shape index (κ3) is 4.20. The Morgan fingerprint density at radius 2 is 1.91 bits per heavy atom. The van der Waals surface area contributed by atoms with Gasteiger partial charge in [-0.05, 0) is 24.3 Å². The van der Waals surface area contributed by atoms with Crippen molar-refractivity contribution in [3.05, 3.63) is 58.6 Å². The molecular weight excluding hydrogens is 288 g/mol. The fourth-order valence-electron chi connectivity index (χ4n) is 1.71. The first-order chi connectivity index (χ1) is 10.6. The summed E-state index contributed by atoms with van der Waals surface area (Å²) in [5.41, 5.74) is 0.560. The highest BCUT2D eigenvalue weighted by Gasteiger charge is 2.07. The molecule has 0 aliphatic carbocycles. The number of nitro benzene ring substituents is 1. The fraction of sp³-hybridized carbons (Fsp3) is 0.133. The minimum absolute atomic E-state index is 0.0341. The zero-order valence-corrected chi connectivity index (χ0v) is 11.8. The standard InChI is InChI=1S/C15H14N2O5/c1-21-14-4-2-3-11(9-14)16-15(18)10-22-13-7-5-12(6-8-13)17(19)20/h2-9H,10H2,1H3,(H,16,18). The molecule has 0 heterocycles. The van der Waals surface area contributed by atoms with Crippen LogP contribution in [0.25, 0.3) is 0 Å². The van der Waals surface area contributed by atoms with E-state index in [0.29, 0.717) is 17.2 Å². The number of ether oxygens (including phenoxy) is 2. The molecule has 114 valence electrons. The molecule has 2 aromatic rings. The molecule has 0 fully saturated rings. The third-order valence-corrected chi connectivity index (χ3v) is 2.77. The van der Waals surface area contributed by atoms with E-state index in [1.165, 1.54) is 24.3 Å². The lowest BCUT2D eigenvalue weighted by Crippen LogP contribution is -2.20. The zero-order valence-electron chi connectivity index (χ0n) is 11.8. The number of benzene rings is 2. The summed E-state index contributed by atoms with van der Waals surface area (Å²) in [6.45, 7) is -0.199. The molecule has 22 heavy (non-hydrogen) atoms. The summed E-state index contributed by atoms with van der Waals surface area (Å²) in [6, 6.07) is 12.4. The molecule has 0 aliphatic rings. The number of nitrogens with zero attached hydrogens (tertiary/aromatic N) is 1. The van der Waals surface area contributed by atoms with Crippen molar-refractivity contribution in [2.24, 2.45) is 0 Å². The highest BCUT2D eigenvalue weighted by molar-refractivity contribution is 5.92. The average Bonchev–Trinajstić information content (AvgIpc) is 2.53. The van der Waals surface area contributed by atoms with Gasteiger partial charge < -0.3 is 14.8 Å². The van der Waals surface area contributed by atoms with E-state index in [-0.39, 0.29) is 18.2 Å². The van der Waals surface area contributed by atoms with Gasteiger partial charge in [-0.1, -0.05) is 6.07 Å². The molecule has 0 aromatic heterocycles. The fourth-order valence-corrected chi connectivity index (χ4v) is 1.71. The molecule has 7 nitrogen and oxygen atoms in total. The van der Waals surface area contributed by atoms with Gasteiger partial charge in [0.1, 0.15) is 11.5 Å². The topological polar surface area (TPSA) is 90.7 Å². The van der Waals surface area contributed by atoms with Crippen LogP contribution in [0.1, 0.15) is 0 Å². The maximum Gasteiger partial charge on any atom is 0.269 e. The van der Waals surface area contributed by atoms with E-state index in [4.69, 9.17) is 9.47 Å². The number of anilines is 1. The molecule has 0 atom stereocenters. The molecular formula is C15H14N2O5. The van der Waals surface area contributed by atoms with Crippen LogP contribution in [0.5, 0.6) is 11.5 Å². The number of nitrogens with one attached hydrogen (secondary N) is 1. The second-order valence-electron chi connectivity index (χ2n) is 4.32. The first kappa shape index (κ1) is 15.3. The lowest BCUT2D eigenvalue weighted by Gasteiger charge is -2.08. The van der Waals surface area contributed by atoms with Crippen LogP contribution >= 0.6 is 0 Å². The highest BCUT2D eigenvalue weighted by atomic mass is 16.6. The van der Waals surface area contributed by atoms with Crippen molar-refractivity contribution in [3.8, 4) is 11.5 Å². The minimum atomic E-state index is -0.501. The molecule has 7 heteroatoms. The predicted octanol–water partition coefficient (Wildman–Crippen LogP) is 2.62. The van der Waals surface area contributed by atoms with Crippen molar-refractivity contribution in [2.45, 2.75) is 0 Å². The molecule has 2 aromatic carbocycles. The lowest BCUT2D eigenvalue weighted by molar-refractivity contribution is -0.384. The summed E-state index contributed by atoms with van der Waals surface area (Å²) in [4.78, 5) is 21.8. The molecule has 0 spiro atoms. The molecule has 0 bridgehead atoms. The normalized spacial score (nSPS) is 9.86. The first-order valence-electron chi connectivity index (χ1n) is 6.39. The summed E-state index contributed by atoms with van der Waals surface area (Å²) < 4.78 is 10.3. The maximum atomic E-state index is 11.8. The predicted molar refractivity (Wildman–Crippen MR) is 80.2 cm³/mol.